The summed E-state index contributed by atoms with van der Waals surface area (Å²) >= 11 is 0. The average Bonchev–Trinajstić information content (AvgIpc) is 3.25. The number of amides is 1. The molecule has 2 aromatic heterocycles. The van der Waals surface area contributed by atoms with Crippen molar-refractivity contribution in [2.24, 2.45) is 0 Å². The number of fused-ring (bicyclic) bond motifs is 1. The first-order valence-electron chi connectivity index (χ1n) is 10.5. The van der Waals surface area contributed by atoms with E-state index in [0.717, 1.165) is 27.3 Å². The maximum Gasteiger partial charge on any atom is 0.293 e. The van der Waals surface area contributed by atoms with Crippen molar-refractivity contribution in [1.82, 2.24) is 24.7 Å². The van der Waals surface area contributed by atoms with Crippen LogP contribution in [0.15, 0.2) is 65.7 Å². The Labute approximate surface area is 190 Å². The van der Waals surface area contributed by atoms with E-state index in [4.69, 9.17) is 9.47 Å². The molecule has 170 valence electrons. The third-order valence-corrected chi connectivity index (χ3v) is 4.95. The molecule has 1 amide bonds. The molecule has 0 spiro atoms. The van der Waals surface area contributed by atoms with Crippen LogP contribution in [-0.2, 0) is 17.9 Å². The van der Waals surface area contributed by atoms with Crippen molar-refractivity contribution in [3.05, 3.63) is 76.8 Å². The second kappa shape index (κ2) is 9.56. The van der Waals surface area contributed by atoms with Crippen LogP contribution in [-0.4, -0.2) is 38.5 Å². The summed E-state index contributed by atoms with van der Waals surface area (Å²) in [5, 5.41) is 11.3. The highest BCUT2D eigenvalue weighted by atomic mass is 16.5. The first kappa shape index (κ1) is 22.1. The molecule has 0 saturated carbocycles. The van der Waals surface area contributed by atoms with Gasteiger partial charge in [-0.25, -0.2) is 9.20 Å². The van der Waals surface area contributed by atoms with E-state index < -0.39 is 5.56 Å². The first-order valence-corrected chi connectivity index (χ1v) is 10.5. The molecule has 0 fully saturated rings. The van der Waals surface area contributed by atoms with Crippen molar-refractivity contribution in [1.29, 1.82) is 0 Å². The second-order valence-corrected chi connectivity index (χ2v) is 7.77. The summed E-state index contributed by atoms with van der Waals surface area (Å²) in [7, 11) is 1.60. The lowest BCUT2D eigenvalue weighted by Crippen LogP contribution is -2.34. The minimum atomic E-state index is -0.393. The normalized spacial score (nSPS) is 11.0. The van der Waals surface area contributed by atoms with Gasteiger partial charge in [0.2, 0.25) is 5.91 Å². The fraction of sp³-hybridized carbons (Fsp3) is 0.250. The standard InChI is InChI=1S/C24H25N5O4/c1-16(2)33-20-8-4-17(5-9-20)13-25-23(30)14-28-24(31)22-12-21(27-29(22)15-26-28)18-6-10-19(32-3)11-7-18/h4-12,15-16H,13-14H2,1-3H3,(H,25,30). The molecule has 0 aliphatic heterocycles. The largest absolute Gasteiger partial charge is 0.497 e. The van der Waals surface area contributed by atoms with Crippen molar-refractivity contribution in [3.63, 3.8) is 0 Å². The maximum atomic E-state index is 12.8. The molecule has 9 nitrogen and oxygen atoms in total. The van der Waals surface area contributed by atoms with Gasteiger partial charge in [-0.2, -0.15) is 10.2 Å². The summed E-state index contributed by atoms with van der Waals surface area (Å²) in [4.78, 5) is 25.2. The molecule has 33 heavy (non-hydrogen) atoms. The molecule has 0 aliphatic carbocycles. The maximum absolute atomic E-state index is 12.8. The number of aromatic nitrogens is 4. The van der Waals surface area contributed by atoms with Crippen LogP contribution >= 0.6 is 0 Å². The molecule has 0 bridgehead atoms. The number of hydrogen-bond donors (Lipinski definition) is 1. The monoisotopic (exact) mass is 447 g/mol. The molecule has 0 unspecified atom stereocenters. The molecule has 0 saturated heterocycles. The number of rotatable bonds is 8. The van der Waals surface area contributed by atoms with Gasteiger partial charge in [-0.15, -0.1) is 0 Å². The Morgan fingerprint density at radius 1 is 1.06 bits per heavy atom. The number of methoxy groups -OCH3 is 1. The van der Waals surface area contributed by atoms with Crippen molar-refractivity contribution in [3.8, 4) is 22.8 Å². The third kappa shape index (κ3) is 5.20. The summed E-state index contributed by atoms with van der Waals surface area (Å²) in [6, 6.07) is 16.6. The van der Waals surface area contributed by atoms with Gasteiger partial charge >= 0.3 is 0 Å². The summed E-state index contributed by atoms with van der Waals surface area (Å²) in [5.41, 5.74) is 2.34. The minimum Gasteiger partial charge on any atom is -0.497 e. The van der Waals surface area contributed by atoms with E-state index >= 15 is 0 Å². The van der Waals surface area contributed by atoms with Gasteiger partial charge in [0.1, 0.15) is 29.9 Å². The number of ether oxygens (including phenoxy) is 2. The van der Waals surface area contributed by atoms with Crippen LogP contribution in [0.4, 0.5) is 0 Å². The van der Waals surface area contributed by atoms with Crippen LogP contribution in [0.3, 0.4) is 0 Å². The predicted octanol–water partition coefficient (Wildman–Crippen LogP) is 2.67. The number of nitrogens with zero attached hydrogens (tertiary/aromatic N) is 4. The second-order valence-electron chi connectivity index (χ2n) is 7.77. The lowest BCUT2D eigenvalue weighted by Gasteiger charge is -2.10. The summed E-state index contributed by atoms with van der Waals surface area (Å²) in [6.07, 6.45) is 1.52. The zero-order valence-corrected chi connectivity index (χ0v) is 18.7. The number of benzene rings is 2. The van der Waals surface area contributed by atoms with E-state index in [1.54, 1.807) is 13.2 Å². The molecule has 0 radical (unpaired) electrons. The highest BCUT2D eigenvalue weighted by molar-refractivity contribution is 5.75. The predicted molar refractivity (Wildman–Crippen MR) is 123 cm³/mol. The van der Waals surface area contributed by atoms with E-state index in [1.807, 2.05) is 62.4 Å². The van der Waals surface area contributed by atoms with Gasteiger partial charge < -0.3 is 14.8 Å². The Morgan fingerprint density at radius 2 is 1.76 bits per heavy atom. The average molecular weight is 447 g/mol. The fourth-order valence-electron chi connectivity index (χ4n) is 3.30. The van der Waals surface area contributed by atoms with Crippen LogP contribution < -0.4 is 20.3 Å². The zero-order chi connectivity index (χ0) is 23.4. The summed E-state index contributed by atoms with van der Waals surface area (Å²) < 4.78 is 13.3. The van der Waals surface area contributed by atoms with Gasteiger partial charge in [-0.05, 0) is 61.9 Å². The van der Waals surface area contributed by atoms with Crippen LogP contribution in [0.2, 0.25) is 0 Å². The Hall–Kier alpha value is -4.14. The molecular weight excluding hydrogens is 422 g/mol. The third-order valence-electron chi connectivity index (χ3n) is 4.95. The molecule has 2 heterocycles. The van der Waals surface area contributed by atoms with E-state index in [1.165, 1.54) is 10.8 Å². The fourth-order valence-corrected chi connectivity index (χ4v) is 3.30. The molecule has 4 rings (SSSR count). The summed E-state index contributed by atoms with van der Waals surface area (Å²) in [6.45, 7) is 4.08. The lowest BCUT2D eigenvalue weighted by atomic mass is 10.1. The molecule has 1 N–H and O–H groups in total. The van der Waals surface area contributed by atoms with Crippen molar-refractivity contribution in [2.45, 2.75) is 33.0 Å². The summed E-state index contributed by atoms with van der Waals surface area (Å²) in [5.74, 6) is 1.20. The van der Waals surface area contributed by atoms with Gasteiger partial charge in [0, 0.05) is 12.1 Å². The molecule has 9 heteroatoms. The van der Waals surface area contributed by atoms with Crippen LogP contribution in [0, 0.1) is 0 Å². The molecule has 4 aromatic rings. The van der Waals surface area contributed by atoms with Crippen molar-refractivity contribution >= 4 is 11.4 Å². The van der Waals surface area contributed by atoms with Crippen molar-refractivity contribution in [2.75, 3.05) is 7.11 Å². The van der Waals surface area contributed by atoms with Crippen molar-refractivity contribution < 1.29 is 14.3 Å². The Bertz CT molecular complexity index is 1310. The Morgan fingerprint density at radius 3 is 2.42 bits per heavy atom. The molecule has 0 aliphatic rings. The van der Waals surface area contributed by atoms with Crippen LogP contribution in [0.5, 0.6) is 11.5 Å². The number of carbonyl (C=O) groups is 1. The minimum absolute atomic E-state index is 0.0989. The van der Waals surface area contributed by atoms with Gasteiger partial charge in [0.25, 0.3) is 5.56 Å². The zero-order valence-electron chi connectivity index (χ0n) is 18.7. The quantitative estimate of drug-likeness (QED) is 0.446. The first-order chi connectivity index (χ1) is 15.9. The molecule has 2 aromatic carbocycles. The van der Waals surface area contributed by atoms with Gasteiger partial charge in [-0.3, -0.25) is 9.59 Å². The van der Waals surface area contributed by atoms with E-state index in [-0.39, 0.29) is 18.6 Å². The van der Waals surface area contributed by atoms with Crippen LogP contribution in [0.25, 0.3) is 16.8 Å². The highest BCUT2D eigenvalue weighted by Gasteiger charge is 2.12. The van der Waals surface area contributed by atoms with E-state index in [9.17, 15) is 9.59 Å². The topological polar surface area (TPSA) is 99.8 Å². The number of nitrogens with one attached hydrogen (secondary N) is 1. The SMILES string of the molecule is COc1ccc(-c2cc3c(=O)n(CC(=O)NCc4ccc(OC(C)C)cc4)ncn3n2)cc1. The van der Waals surface area contributed by atoms with E-state index in [2.05, 4.69) is 15.5 Å². The Kier molecular flexibility index (Phi) is 6.39. The van der Waals surface area contributed by atoms with Gasteiger partial charge in [0.05, 0.1) is 18.9 Å². The number of carbonyl (C=O) groups excluding carboxylic acids is 1. The number of hydrogen-bond acceptors (Lipinski definition) is 6. The van der Waals surface area contributed by atoms with Crippen LogP contribution in [0.1, 0.15) is 19.4 Å². The highest BCUT2D eigenvalue weighted by Crippen LogP contribution is 2.21. The van der Waals surface area contributed by atoms with E-state index in [0.29, 0.717) is 17.8 Å². The molecular formula is C24H25N5O4. The smallest absolute Gasteiger partial charge is 0.293 e. The van der Waals surface area contributed by atoms with Gasteiger partial charge in [0.15, 0.2) is 0 Å². The van der Waals surface area contributed by atoms with Gasteiger partial charge in [-0.1, -0.05) is 12.1 Å². The lowest BCUT2D eigenvalue weighted by molar-refractivity contribution is -0.122. The Balaban J connectivity index is 1.43. The molecule has 0 atom stereocenters.